The Morgan fingerprint density at radius 1 is 1.36 bits per heavy atom. The van der Waals surface area contributed by atoms with E-state index in [0.29, 0.717) is 5.56 Å². The fraction of sp³-hybridized carbons (Fsp3) is 0.455. The monoisotopic (exact) mass is 213 g/mol. The molecule has 14 heavy (non-hydrogen) atoms. The summed E-state index contributed by atoms with van der Waals surface area (Å²) in [5.74, 6) is -0.207. The molecular weight excluding hydrogens is 197 g/mol. The second kappa shape index (κ2) is 4.32. The van der Waals surface area contributed by atoms with Gasteiger partial charge in [0, 0.05) is 21.8 Å². The fourth-order valence-electron chi connectivity index (χ4n) is 1.16. The molecule has 0 aromatic heterocycles. The molecule has 0 heterocycles. The molecule has 1 nitrogen and oxygen atoms in total. The molecule has 0 aliphatic rings. The van der Waals surface area contributed by atoms with Crippen LogP contribution < -0.4 is 5.73 Å². The smallest absolute Gasteiger partial charge is 0.128 e. The largest absolute Gasteiger partial charge is 0.326 e. The Bertz CT molecular complexity index is 318. The minimum absolute atomic E-state index is 0.0811. The van der Waals surface area contributed by atoms with Crippen molar-refractivity contribution in [3.8, 4) is 0 Å². The first-order chi connectivity index (χ1) is 6.44. The molecular formula is C11H16FNS. The van der Waals surface area contributed by atoms with Gasteiger partial charge in [-0.1, -0.05) is 26.8 Å². The summed E-state index contributed by atoms with van der Waals surface area (Å²) in [5.41, 5.74) is 6.13. The van der Waals surface area contributed by atoms with E-state index in [1.807, 2.05) is 6.07 Å². The predicted octanol–water partition coefficient (Wildman–Crippen LogP) is 3.18. The highest BCUT2D eigenvalue weighted by Gasteiger charge is 2.15. The Morgan fingerprint density at radius 3 is 2.50 bits per heavy atom. The first-order valence-electron chi connectivity index (χ1n) is 4.60. The number of benzene rings is 1. The van der Waals surface area contributed by atoms with Crippen LogP contribution in [-0.2, 0) is 6.54 Å². The molecule has 0 aliphatic carbocycles. The average molecular weight is 213 g/mol. The summed E-state index contributed by atoms with van der Waals surface area (Å²) in [6.45, 7) is 6.56. The normalized spacial score (nSPS) is 11.8. The van der Waals surface area contributed by atoms with Crippen LogP contribution in [0.1, 0.15) is 26.3 Å². The molecule has 0 atom stereocenters. The molecule has 1 aromatic rings. The Balaban J connectivity index is 3.02. The van der Waals surface area contributed by atoms with E-state index in [0.717, 1.165) is 4.90 Å². The number of hydrogen-bond donors (Lipinski definition) is 1. The van der Waals surface area contributed by atoms with Gasteiger partial charge in [-0.3, -0.25) is 0 Å². The van der Waals surface area contributed by atoms with Crippen molar-refractivity contribution >= 4 is 11.8 Å². The van der Waals surface area contributed by atoms with E-state index in [4.69, 9.17) is 5.73 Å². The Morgan fingerprint density at radius 2 is 2.00 bits per heavy atom. The molecule has 0 unspecified atom stereocenters. The number of halogens is 1. The summed E-state index contributed by atoms with van der Waals surface area (Å²) in [4.78, 5) is 0.944. The summed E-state index contributed by atoms with van der Waals surface area (Å²) in [6, 6.07) is 5.10. The zero-order chi connectivity index (χ0) is 10.8. The van der Waals surface area contributed by atoms with Crippen LogP contribution in [0.5, 0.6) is 0 Å². The summed E-state index contributed by atoms with van der Waals surface area (Å²) >= 11 is 1.65. The van der Waals surface area contributed by atoms with Gasteiger partial charge in [0.05, 0.1) is 0 Å². The van der Waals surface area contributed by atoms with Gasteiger partial charge in [-0.15, -0.1) is 11.8 Å². The van der Waals surface area contributed by atoms with Crippen molar-refractivity contribution in [2.45, 2.75) is 37.0 Å². The van der Waals surface area contributed by atoms with Gasteiger partial charge < -0.3 is 5.73 Å². The van der Waals surface area contributed by atoms with Gasteiger partial charge >= 0.3 is 0 Å². The van der Waals surface area contributed by atoms with Crippen LogP contribution in [-0.4, -0.2) is 4.75 Å². The average Bonchev–Trinajstić information content (AvgIpc) is 2.01. The molecule has 0 radical (unpaired) electrons. The van der Waals surface area contributed by atoms with Crippen LogP contribution in [0.4, 0.5) is 4.39 Å². The molecule has 0 saturated carbocycles. The molecule has 1 aromatic carbocycles. The maximum Gasteiger partial charge on any atom is 0.128 e. The van der Waals surface area contributed by atoms with Crippen molar-refractivity contribution in [2.24, 2.45) is 5.73 Å². The lowest BCUT2D eigenvalue weighted by Crippen LogP contribution is -2.09. The van der Waals surface area contributed by atoms with Gasteiger partial charge in [-0.2, -0.15) is 0 Å². The molecule has 0 saturated heterocycles. The molecule has 0 spiro atoms. The van der Waals surface area contributed by atoms with Crippen molar-refractivity contribution in [1.82, 2.24) is 0 Å². The van der Waals surface area contributed by atoms with Gasteiger partial charge in [-0.25, -0.2) is 4.39 Å². The van der Waals surface area contributed by atoms with E-state index in [1.54, 1.807) is 17.8 Å². The van der Waals surface area contributed by atoms with Gasteiger partial charge in [0.2, 0.25) is 0 Å². The van der Waals surface area contributed by atoms with Crippen LogP contribution in [0.15, 0.2) is 23.1 Å². The highest BCUT2D eigenvalue weighted by atomic mass is 32.2. The van der Waals surface area contributed by atoms with Crippen molar-refractivity contribution < 1.29 is 4.39 Å². The van der Waals surface area contributed by atoms with Gasteiger partial charge in [0.15, 0.2) is 0 Å². The van der Waals surface area contributed by atoms with Crippen molar-refractivity contribution in [3.05, 3.63) is 29.6 Å². The molecule has 2 N–H and O–H groups in total. The van der Waals surface area contributed by atoms with Gasteiger partial charge in [-0.05, 0) is 12.1 Å². The third kappa shape index (κ3) is 3.00. The van der Waals surface area contributed by atoms with Gasteiger partial charge in [0.1, 0.15) is 5.82 Å². The molecule has 0 fully saturated rings. The first-order valence-corrected chi connectivity index (χ1v) is 5.42. The van der Waals surface area contributed by atoms with Crippen LogP contribution in [0, 0.1) is 5.82 Å². The molecule has 1 rings (SSSR count). The van der Waals surface area contributed by atoms with E-state index in [2.05, 4.69) is 20.8 Å². The lowest BCUT2D eigenvalue weighted by molar-refractivity contribution is 0.604. The number of rotatable bonds is 2. The van der Waals surface area contributed by atoms with Crippen molar-refractivity contribution in [3.63, 3.8) is 0 Å². The standard InChI is InChI=1S/C11H16FNS/c1-11(2,3)14-10-6-4-5-9(12)8(10)7-13/h4-6H,7,13H2,1-3H3. The molecule has 0 aliphatic heterocycles. The summed E-state index contributed by atoms with van der Waals surface area (Å²) in [6.07, 6.45) is 0. The minimum Gasteiger partial charge on any atom is -0.326 e. The number of nitrogens with two attached hydrogens (primary N) is 1. The number of hydrogen-bond acceptors (Lipinski definition) is 2. The van der Waals surface area contributed by atoms with Crippen molar-refractivity contribution in [1.29, 1.82) is 0 Å². The topological polar surface area (TPSA) is 26.0 Å². The summed E-state index contributed by atoms with van der Waals surface area (Å²) in [5, 5.41) is 0. The lowest BCUT2D eigenvalue weighted by Gasteiger charge is -2.19. The van der Waals surface area contributed by atoms with Crippen LogP contribution >= 0.6 is 11.8 Å². The quantitative estimate of drug-likeness (QED) is 0.764. The minimum atomic E-state index is -0.207. The van der Waals surface area contributed by atoms with E-state index in [1.165, 1.54) is 6.07 Å². The summed E-state index contributed by atoms with van der Waals surface area (Å²) < 4.78 is 13.4. The van der Waals surface area contributed by atoms with E-state index < -0.39 is 0 Å². The van der Waals surface area contributed by atoms with Crippen LogP contribution in [0.2, 0.25) is 0 Å². The summed E-state index contributed by atoms with van der Waals surface area (Å²) in [7, 11) is 0. The van der Waals surface area contributed by atoms with Crippen LogP contribution in [0.25, 0.3) is 0 Å². The first kappa shape index (κ1) is 11.5. The molecule has 78 valence electrons. The van der Waals surface area contributed by atoms with Crippen molar-refractivity contribution in [2.75, 3.05) is 0 Å². The molecule has 3 heteroatoms. The fourth-order valence-corrected chi connectivity index (χ4v) is 2.27. The lowest BCUT2D eigenvalue weighted by atomic mass is 10.2. The molecule has 0 bridgehead atoms. The van der Waals surface area contributed by atoms with Crippen LogP contribution in [0.3, 0.4) is 0 Å². The number of thioether (sulfide) groups is 1. The maximum atomic E-state index is 13.3. The maximum absolute atomic E-state index is 13.3. The Hall–Kier alpha value is -0.540. The zero-order valence-electron chi connectivity index (χ0n) is 8.80. The third-order valence-electron chi connectivity index (χ3n) is 1.70. The zero-order valence-corrected chi connectivity index (χ0v) is 9.62. The highest BCUT2D eigenvalue weighted by Crippen LogP contribution is 2.34. The van der Waals surface area contributed by atoms with E-state index in [9.17, 15) is 4.39 Å². The Labute approximate surface area is 88.9 Å². The highest BCUT2D eigenvalue weighted by molar-refractivity contribution is 8.00. The SMILES string of the molecule is CC(C)(C)Sc1cccc(F)c1CN. The third-order valence-corrected chi connectivity index (χ3v) is 2.91. The van der Waals surface area contributed by atoms with Gasteiger partial charge in [0.25, 0.3) is 0 Å². The molecule has 0 amide bonds. The van der Waals surface area contributed by atoms with E-state index >= 15 is 0 Å². The Kier molecular flexibility index (Phi) is 3.56. The second-order valence-electron chi connectivity index (χ2n) is 4.14. The second-order valence-corrected chi connectivity index (χ2v) is 6.00. The predicted molar refractivity (Wildman–Crippen MR) is 59.9 cm³/mol. The van der Waals surface area contributed by atoms with E-state index in [-0.39, 0.29) is 17.1 Å².